The summed E-state index contributed by atoms with van der Waals surface area (Å²) in [6, 6.07) is 12.0. The molecule has 0 aromatic heterocycles. The normalized spacial score (nSPS) is 31.3. The largest absolute Gasteiger partial charge is 0.322 e. The molecule has 8 heteroatoms. The van der Waals surface area contributed by atoms with E-state index in [1.807, 2.05) is 0 Å². The van der Waals surface area contributed by atoms with Crippen LogP contribution in [0, 0.1) is 45.6 Å². The molecule has 0 spiro atoms. The van der Waals surface area contributed by atoms with E-state index in [0.29, 0.717) is 17.5 Å². The number of imide groups is 1. The average Bonchev–Trinajstić information content (AvgIpc) is 3.57. The number of benzene rings is 2. The van der Waals surface area contributed by atoms with Crippen LogP contribution >= 0.6 is 0 Å². The standard InChI is InChI=1S/C24H19N3O5/c28-22(25-13-4-2-6-15(10-13)27(31)32)12-3-1-5-14(9-12)26-23(29)20-16-7-8-17(19-11-18(16)19)21(20)24(26)30/h1-10,16-21H,11H2,(H,25,28)/t16-,17-,18-,19-,20-,21+/m0/s1. The molecule has 1 N–H and O–H groups in total. The van der Waals surface area contributed by atoms with Crippen molar-refractivity contribution < 1.29 is 19.3 Å². The summed E-state index contributed by atoms with van der Waals surface area (Å²) in [5.74, 6) is -0.125. The van der Waals surface area contributed by atoms with E-state index in [2.05, 4.69) is 17.5 Å². The molecular weight excluding hydrogens is 410 g/mol. The Morgan fingerprint density at radius 1 is 0.969 bits per heavy atom. The van der Waals surface area contributed by atoms with Crippen LogP contribution in [-0.2, 0) is 9.59 Å². The smallest absolute Gasteiger partial charge is 0.271 e. The molecule has 1 aliphatic heterocycles. The van der Waals surface area contributed by atoms with Crippen molar-refractivity contribution in [3.05, 3.63) is 76.4 Å². The van der Waals surface area contributed by atoms with Crippen molar-refractivity contribution in [2.45, 2.75) is 6.42 Å². The van der Waals surface area contributed by atoms with E-state index >= 15 is 0 Å². The molecule has 4 aliphatic carbocycles. The van der Waals surface area contributed by atoms with E-state index in [9.17, 15) is 24.5 Å². The molecule has 2 aromatic carbocycles. The number of rotatable bonds is 4. The lowest BCUT2D eigenvalue weighted by Gasteiger charge is -2.37. The maximum Gasteiger partial charge on any atom is 0.271 e. The fraction of sp³-hybridized carbons (Fsp3) is 0.292. The van der Waals surface area contributed by atoms with Gasteiger partial charge in [-0.2, -0.15) is 0 Å². The van der Waals surface area contributed by atoms with E-state index in [-0.39, 0.29) is 52.4 Å². The minimum Gasteiger partial charge on any atom is -0.322 e. The zero-order valence-corrected chi connectivity index (χ0v) is 16.9. The Kier molecular flexibility index (Phi) is 3.90. The second-order valence-electron chi connectivity index (χ2n) is 8.98. The third kappa shape index (κ3) is 2.65. The number of allylic oxidation sites excluding steroid dienone is 2. The van der Waals surface area contributed by atoms with E-state index < -0.39 is 10.8 Å². The fourth-order valence-corrected chi connectivity index (χ4v) is 5.90. The first kappa shape index (κ1) is 18.9. The van der Waals surface area contributed by atoms with Crippen LogP contribution in [0.5, 0.6) is 0 Å². The van der Waals surface area contributed by atoms with Gasteiger partial charge in [-0.3, -0.25) is 24.5 Å². The highest BCUT2D eigenvalue weighted by molar-refractivity contribution is 6.23. The number of nitrogens with zero attached hydrogens (tertiary/aromatic N) is 2. The molecule has 160 valence electrons. The summed E-state index contributed by atoms with van der Waals surface area (Å²) in [7, 11) is 0. The topological polar surface area (TPSA) is 110 Å². The van der Waals surface area contributed by atoms with Crippen LogP contribution in [0.1, 0.15) is 16.8 Å². The lowest BCUT2D eigenvalue weighted by Crippen LogP contribution is -2.40. The monoisotopic (exact) mass is 429 g/mol. The Morgan fingerprint density at radius 3 is 2.28 bits per heavy atom. The molecule has 2 bridgehead atoms. The average molecular weight is 429 g/mol. The van der Waals surface area contributed by atoms with Crippen LogP contribution < -0.4 is 10.2 Å². The second kappa shape index (κ2) is 6.59. The van der Waals surface area contributed by atoms with Crippen LogP contribution in [-0.4, -0.2) is 22.6 Å². The number of carbonyl (C=O) groups excluding carboxylic acids is 3. The van der Waals surface area contributed by atoms with Crippen LogP contribution in [0.25, 0.3) is 0 Å². The number of amides is 3. The fourth-order valence-electron chi connectivity index (χ4n) is 5.90. The van der Waals surface area contributed by atoms with Gasteiger partial charge < -0.3 is 5.32 Å². The van der Waals surface area contributed by atoms with Crippen LogP contribution in [0.4, 0.5) is 17.1 Å². The lowest BCUT2D eigenvalue weighted by molar-refractivity contribution is -0.384. The van der Waals surface area contributed by atoms with E-state index in [4.69, 9.17) is 0 Å². The predicted octanol–water partition coefficient (Wildman–Crippen LogP) is 3.40. The molecular formula is C24H19N3O5. The minimum atomic E-state index is -0.535. The van der Waals surface area contributed by atoms with Gasteiger partial charge in [0.05, 0.1) is 22.4 Å². The number of nitro groups is 1. The summed E-state index contributed by atoms with van der Waals surface area (Å²) in [5, 5.41) is 13.6. The van der Waals surface area contributed by atoms with Gasteiger partial charge in [0.15, 0.2) is 0 Å². The molecule has 8 nitrogen and oxygen atoms in total. The molecule has 3 amide bonds. The van der Waals surface area contributed by atoms with Crippen LogP contribution in [0.2, 0.25) is 0 Å². The van der Waals surface area contributed by atoms with Crippen LogP contribution in [0.15, 0.2) is 60.7 Å². The van der Waals surface area contributed by atoms with Gasteiger partial charge in [0.25, 0.3) is 11.6 Å². The maximum absolute atomic E-state index is 13.3. The number of hydrogen-bond acceptors (Lipinski definition) is 5. The predicted molar refractivity (Wildman–Crippen MR) is 115 cm³/mol. The Morgan fingerprint density at radius 2 is 1.62 bits per heavy atom. The lowest BCUT2D eigenvalue weighted by atomic mass is 9.63. The Balaban J connectivity index is 1.27. The molecule has 0 radical (unpaired) electrons. The molecule has 5 aliphatic rings. The first-order chi connectivity index (χ1) is 15.4. The molecule has 1 heterocycles. The number of nitrogens with one attached hydrogen (secondary N) is 1. The molecule has 0 unspecified atom stereocenters. The first-order valence-corrected chi connectivity index (χ1v) is 10.7. The molecule has 3 fully saturated rings. The Bertz CT molecular complexity index is 1200. The third-order valence-corrected chi connectivity index (χ3v) is 7.34. The molecule has 7 rings (SSSR count). The zero-order chi connectivity index (χ0) is 22.1. The van der Waals surface area contributed by atoms with Gasteiger partial charge in [-0.15, -0.1) is 0 Å². The van der Waals surface area contributed by atoms with Gasteiger partial charge in [0, 0.05) is 23.4 Å². The maximum atomic E-state index is 13.3. The highest BCUT2D eigenvalue weighted by atomic mass is 16.6. The molecule has 2 aromatic rings. The second-order valence-corrected chi connectivity index (χ2v) is 8.98. The number of hydrogen-bond donors (Lipinski definition) is 1. The van der Waals surface area contributed by atoms with Gasteiger partial charge in [0.2, 0.25) is 11.8 Å². The summed E-state index contributed by atoms with van der Waals surface area (Å²) < 4.78 is 0. The van der Waals surface area contributed by atoms with Crippen molar-refractivity contribution >= 4 is 34.8 Å². The van der Waals surface area contributed by atoms with Gasteiger partial charge in [-0.25, -0.2) is 4.90 Å². The van der Waals surface area contributed by atoms with E-state index in [1.165, 1.54) is 29.2 Å². The quantitative estimate of drug-likeness (QED) is 0.347. The number of nitro benzene ring substituents is 1. The number of non-ortho nitro benzene ring substituents is 1. The van der Waals surface area contributed by atoms with Gasteiger partial charge in [-0.05, 0) is 54.4 Å². The Labute approximate surface area is 183 Å². The van der Waals surface area contributed by atoms with Gasteiger partial charge in [0.1, 0.15) is 0 Å². The van der Waals surface area contributed by atoms with Crippen molar-refractivity contribution in [2.75, 3.05) is 10.2 Å². The Hall–Kier alpha value is -3.81. The van der Waals surface area contributed by atoms with Crippen molar-refractivity contribution in [1.29, 1.82) is 0 Å². The molecule has 2 saturated carbocycles. The number of anilines is 2. The van der Waals surface area contributed by atoms with Gasteiger partial charge >= 0.3 is 0 Å². The zero-order valence-electron chi connectivity index (χ0n) is 16.9. The summed E-state index contributed by atoms with van der Waals surface area (Å²) >= 11 is 0. The minimum absolute atomic E-state index is 0.131. The third-order valence-electron chi connectivity index (χ3n) is 7.34. The van der Waals surface area contributed by atoms with E-state index in [0.717, 1.165) is 6.42 Å². The summed E-state index contributed by atoms with van der Waals surface area (Å²) in [4.78, 5) is 51.0. The SMILES string of the molecule is O=C(Nc1cccc([N+](=O)[O-])c1)c1cccc(N2C(=O)[C@@H]3[C@H]4C=C[C@@H]([C@@H]5C[C@@H]45)[C@@H]3C2=O)c1. The first-order valence-electron chi connectivity index (χ1n) is 10.7. The van der Waals surface area contributed by atoms with Crippen molar-refractivity contribution in [3.63, 3.8) is 0 Å². The van der Waals surface area contributed by atoms with Crippen molar-refractivity contribution in [2.24, 2.45) is 35.5 Å². The van der Waals surface area contributed by atoms with Gasteiger partial charge in [-0.1, -0.05) is 24.3 Å². The highest BCUT2D eigenvalue weighted by Crippen LogP contribution is 2.65. The molecule has 1 saturated heterocycles. The number of carbonyl (C=O) groups is 3. The summed E-state index contributed by atoms with van der Waals surface area (Å²) in [5.41, 5.74) is 0.798. The summed E-state index contributed by atoms with van der Waals surface area (Å²) in [6.07, 6.45) is 5.35. The van der Waals surface area contributed by atoms with Crippen molar-refractivity contribution in [3.8, 4) is 0 Å². The van der Waals surface area contributed by atoms with E-state index in [1.54, 1.807) is 24.3 Å². The molecule has 32 heavy (non-hydrogen) atoms. The van der Waals surface area contributed by atoms with Crippen LogP contribution in [0.3, 0.4) is 0 Å². The summed E-state index contributed by atoms with van der Waals surface area (Å²) in [6.45, 7) is 0. The van der Waals surface area contributed by atoms with Crippen molar-refractivity contribution in [1.82, 2.24) is 0 Å². The highest BCUT2D eigenvalue weighted by Gasteiger charge is 2.67. The molecule has 6 atom stereocenters.